The molecule has 0 saturated heterocycles. The van der Waals surface area contributed by atoms with Gasteiger partial charge in [-0.15, -0.1) is 0 Å². The second-order valence-corrected chi connectivity index (χ2v) is 5.00. The number of rotatable bonds is 7. The van der Waals surface area contributed by atoms with Crippen LogP contribution < -0.4 is 0 Å². The third-order valence-electron chi connectivity index (χ3n) is 3.49. The molecule has 2 aromatic rings. The van der Waals surface area contributed by atoms with Crippen molar-refractivity contribution in [1.29, 1.82) is 0 Å². The van der Waals surface area contributed by atoms with Crippen LogP contribution in [0.2, 0.25) is 0 Å². The minimum absolute atomic E-state index is 0.164. The number of ether oxygens (including phenoxy) is 1. The number of carbonyl (C=O) groups excluding carboxylic acids is 1. The van der Waals surface area contributed by atoms with E-state index in [0.29, 0.717) is 6.54 Å². The first-order valence-corrected chi connectivity index (χ1v) is 7.23. The first kappa shape index (κ1) is 17.1. The number of pyridine rings is 1. The zero-order valence-corrected chi connectivity index (χ0v) is 12.9. The van der Waals surface area contributed by atoms with Crippen LogP contribution in [0.4, 0.5) is 4.39 Å². The molecule has 1 N–H and O–H groups in total. The Labute approximate surface area is 134 Å². The van der Waals surface area contributed by atoms with E-state index >= 15 is 0 Å². The molecule has 1 aromatic heterocycles. The first-order valence-electron chi connectivity index (χ1n) is 7.23. The fraction of sp³-hybridized carbons (Fsp3) is 0.294. The molecule has 0 aliphatic carbocycles. The van der Waals surface area contributed by atoms with Crippen molar-refractivity contribution in [2.24, 2.45) is 0 Å². The van der Waals surface area contributed by atoms with Crippen molar-refractivity contribution in [3.8, 4) is 0 Å². The van der Waals surface area contributed by atoms with Crippen LogP contribution in [0.25, 0.3) is 0 Å². The smallest absolute Gasteiger partial charge is 0.327 e. The topological polar surface area (TPSA) is 62.7 Å². The maximum atomic E-state index is 14.2. The van der Waals surface area contributed by atoms with Crippen LogP contribution in [0.1, 0.15) is 17.2 Å². The summed E-state index contributed by atoms with van der Waals surface area (Å²) in [6, 6.07) is 8.76. The molecule has 1 heterocycles. The summed E-state index contributed by atoms with van der Waals surface area (Å²) in [7, 11) is 1.26. The van der Waals surface area contributed by atoms with Gasteiger partial charge in [-0.3, -0.25) is 9.88 Å². The molecule has 0 aliphatic rings. The van der Waals surface area contributed by atoms with Crippen molar-refractivity contribution in [2.45, 2.75) is 12.6 Å². The molecule has 6 heteroatoms. The first-order chi connectivity index (χ1) is 11.2. The molecule has 1 atom stereocenters. The number of aromatic nitrogens is 1. The molecule has 2 rings (SSSR count). The monoisotopic (exact) mass is 318 g/mol. The molecule has 0 spiro atoms. The highest BCUT2D eigenvalue weighted by atomic mass is 19.1. The summed E-state index contributed by atoms with van der Waals surface area (Å²) in [6.07, 6.45) is 3.31. The highest BCUT2D eigenvalue weighted by Gasteiger charge is 2.30. The van der Waals surface area contributed by atoms with E-state index in [-0.39, 0.29) is 18.7 Å². The van der Waals surface area contributed by atoms with Crippen LogP contribution in [0.3, 0.4) is 0 Å². The van der Waals surface area contributed by atoms with Gasteiger partial charge in [0.15, 0.2) is 0 Å². The summed E-state index contributed by atoms with van der Waals surface area (Å²) >= 11 is 0. The number of aliphatic hydroxyl groups excluding tert-OH is 1. The Hall–Kier alpha value is -2.31. The highest BCUT2D eigenvalue weighted by Crippen LogP contribution is 2.26. The lowest BCUT2D eigenvalue weighted by atomic mass is 10.0. The molecular weight excluding hydrogens is 299 g/mol. The van der Waals surface area contributed by atoms with Crippen LogP contribution in [0.5, 0.6) is 0 Å². The number of halogens is 1. The van der Waals surface area contributed by atoms with Gasteiger partial charge in [-0.05, 0) is 17.7 Å². The Morgan fingerprint density at radius 2 is 2.13 bits per heavy atom. The Morgan fingerprint density at radius 1 is 1.35 bits per heavy atom. The van der Waals surface area contributed by atoms with E-state index < -0.39 is 17.8 Å². The molecule has 0 bridgehead atoms. The van der Waals surface area contributed by atoms with Gasteiger partial charge < -0.3 is 9.84 Å². The molecule has 5 nitrogen and oxygen atoms in total. The van der Waals surface area contributed by atoms with Crippen LogP contribution in [0, 0.1) is 5.82 Å². The van der Waals surface area contributed by atoms with Crippen molar-refractivity contribution in [3.63, 3.8) is 0 Å². The maximum Gasteiger partial charge on any atom is 0.327 e. The predicted octanol–water partition coefficient (Wildman–Crippen LogP) is 1.93. The highest BCUT2D eigenvalue weighted by molar-refractivity contribution is 5.77. The minimum Gasteiger partial charge on any atom is -0.468 e. The third kappa shape index (κ3) is 4.34. The quantitative estimate of drug-likeness (QED) is 0.790. The van der Waals surface area contributed by atoms with Gasteiger partial charge in [-0.2, -0.15) is 0 Å². The van der Waals surface area contributed by atoms with Crippen molar-refractivity contribution in [2.75, 3.05) is 20.3 Å². The Balaban J connectivity index is 2.37. The summed E-state index contributed by atoms with van der Waals surface area (Å²) in [5.41, 5.74) is 1.07. The molecule has 1 aromatic carbocycles. The van der Waals surface area contributed by atoms with Gasteiger partial charge >= 0.3 is 5.97 Å². The molecule has 0 amide bonds. The van der Waals surface area contributed by atoms with Gasteiger partial charge in [0.25, 0.3) is 0 Å². The van der Waals surface area contributed by atoms with Gasteiger partial charge in [0.05, 0.1) is 13.7 Å². The molecule has 0 aliphatic heterocycles. The zero-order chi connectivity index (χ0) is 16.7. The van der Waals surface area contributed by atoms with E-state index in [2.05, 4.69) is 4.98 Å². The number of hydrogen-bond acceptors (Lipinski definition) is 5. The largest absolute Gasteiger partial charge is 0.468 e. The van der Waals surface area contributed by atoms with Crippen molar-refractivity contribution < 1.29 is 19.0 Å². The molecule has 122 valence electrons. The second-order valence-electron chi connectivity index (χ2n) is 5.00. The number of benzene rings is 1. The lowest BCUT2D eigenvalue weighted by Gasteiger charge is -2.29. The molecular formula is C17H19FN2O3. The predicted molar refractivity (Wildman–Crippen MR) is 82.9 cm³/mol. The number of nitrogens with zero attached hydrogens (tertiary/aromatic N) is 2. The summed E-state index contributed by atoms with van der Waals surface area (Å²) in [5, 5.41) is 9.33. The lowest BCUT2D eigenvalue weighted by Crippen LogP contribution is -2.37. The Kier molecular flexibility index (Phi) is 6.19. The fourth-order valence-corrected chi connectivity index (χ4v) is 2.44. The summed E-state index contributed by atoms with van der Waals surface area (Å²) in [4.78, 5) is 17.9. The fourth-order valence-electron chi connectivity index (χ4n) is 2.44. The van der Waals surface area contributed by atoms with Crippen LogP contribution in [0.15, 0.2) is 48.8 Å². The average molecular weight is 318 g/mol. The van der Waals surface area contributed by atoms with E-state index in [1.54, 1.807) is 41.6 Å². The van der Waals surface area contributed by atoms with Crippen molar-refractivity contribution in [1.82, 2.24) is 9.88 Å². The van der Waals surface area contributed by atoms with Gasteiger partial charge in [0.1, 0.15) is 11.9 Å². The zero-order valence-electron chi connectivity index (χ0n) is 12.9. The van der Waals surface area contributed by atoms with E-state index in [1.165, 1.54) is 13.2 Å². The molecule has 0 fully saturated rings. The number of esters is 1. The number of carbonyl (C=O) groups is 1. The number of methoxy groups -OCH3 is 1. The average Bonchev–Trinajstić information content (AvgIpc) is 2.57. The summed E-state index contributed by atoms with van der Waals surface area (Å²) < 4.78 is 19.0. The van der Waals surface area contributed by atoms with Gasteiger partial charge in [-0.1, -0.05) is 24.3 Å². The van der Waals surface area contributed by atoms with Crippen molar-refractivity contribution >= 4 is 5.97 Å². The van der Waals surface area contributed by atoms with E-state index in [4.69, 9.17) is 4.74 Å². The normalized spacial score (nSPS) is 12.2. The van der Waals surface area contributed by atoms with Crippen LogP contribution in [-0.4, -0.2) is 41.2 Å². The van der Waals surface area contributed by atoms with Crippen molar-refractivity contribution in [3.05, 3.63) is 65.7 Å². The standard InChI is InChI=1S/C17H19FN2O3/c1-23-17(22)16(14-6-2-3-7-15(14)18)20(9-10-21)12-13-5-4-8-19-11-13/h2-8,11,16,21H,9-10,12H2,1H3. The Morgan fingerprint density at radius 3 is 2.74 bits per heavy atom. The molecule has 1 unspecified atom stereocenters. The number of aliphatic hydroxyl groups is 1. The van der Waals surface area contributed by atoms with Gasteiger partial charge in [0.2, 0.25) is 0 Å². The summed E-state index contributed by atoms with van der Waals surface area (Å²) in [6.45, 7) is 0.369. The third-order valence-corrected chi connectivity index (χ3v) is 3.49. The van der Waals surface area contributed by atoms with Crippen LogP contribution >= 0.6 is 0 Å². The Bertz CT molecular complexity index is 637. The van der Waals surface area contributed by atoms with E-state index in [1.807, 2.05) is 6.07 Å². The molecule has 0 saturated carbocycles. The van der Waals surface area contributed by atoms with E-state index in [0.717, 1.165) is 5.56 Å². The molecule has 0 radical (unpaired) electrons. The SMILES string of the molecule is COC(=O)C(c1ccccc1F)N(CCO)Cc1cccnc1. The van der Waals surface area contributed by atoms with E-state index in [9.17, 15) is 14.3 Å². The van der Waals surface area contributed by atoms with Crippen LogP contribution in [-0.2, 0) is 16.1 Å². The lowest BCUT2D eigenvalue weighted by molar-refractivity contribution is -0.148. The molecule has 23 heavy (non-hydrogen) atoms. The van der Waals surface area contributed by atoms with Gasteiger partial charge in [0, 0.05) is 31.0 Å². The number of hydrogen-bond donors (Lipinski definition) is 1. The van der Waals surface area contributed by atoms with Gasteiger partial charge in [-0.25, -0.2) is 9.18 Å². The minimum atomic E-state index is -0.937. The maximum absolute atomic E-state index is 14.2. The summed E-state index contributed by atoms with van der Waals surface area (Å²) in [5.74, 6) is -1.07. The second kappa shape index (κ2) is 8.36.